The normalized spacial score (nSPS) is 14.0. The molecule has 1 fully saturated rings. The highest BCUT2D eigenvalue weighted by Gasteiger charge is 2.19. The summed E-state index contributed by atoms with van der Waals surface area (Å²) < 4.78 is 29.9. The summed E-state index contributed by atoms with van der Waals surface area (Å²) in [5, 5.41) is 24.0. The van der Waals surface area contributed by atoms with Crippen LogP contribution in [-0.4, -0.2) is 60.8 Å². The van der Waals surface area contributed by atoms with Crippen LogP contribution in [0.5, 0.6) is 5.75 Å². The third-order valence-electron chi connectivity index (χ3n) is 4.51. The van der Waals surface area contributed by atoms with E-state index in [2.05, 4.69) is 20.6 Å². The van der Waals surface area contributed by atoms with Crippen molar-refractivity contribution in [1.82, 2.24) is 9.97 Å². The maximum absolute atomic E-state index is 13.5. The van der Waals surface area contributed by atoms with Crippen LogP contribution in [0.15, 0.2) is 24.4 Å². The van der Waals surface area contributed by atoms with Crippen LogP contribution in [0.25, 0.3) is 0 Å². The van der Waals surface area contributed by atoms with E-state index in [-0.39, 0.29) is 44.0 Å². The summed E-state index contributed by atoms with van der Waals surface area (Å²) in [6, 6.07) is 6.83. The van der Waals surface area contributed by atoms with Crippen LogP contribution >= 0.6 is 0 Å². The van der Waals surface area contributed by atoms with E-state index in [9.17, 15) is 4.48 Å². The van der Waals surface area contributed by atoms with Crippen molar-refractivity contribution in [2.75, 3.05) is 55.8 Å². The van der Waals surface area contributed by atoms with E-state index in [0.717, 1.165) is 12.8 Å². The molecular formula is C20H25FN6O4. The molecule has 4 N–H and O–H groups in total. The zero-order chi connectivity index (χ0) is 21.9. The number of aliphatic hydroxyl groups is 1. The predicted molar refractivity (Wildman–Crippen MR) is 112 cm³/mol. The largest absolute Gasteiger partial charge is 0.487 e. The van der Waals surface area contributed by atoms with Crippen molar-refractivity contribution >= 4 is 23.1 Å². The third-order valence-corrected chi connectivity index (χ3v) is 4.51. The van der Waals surface area contributed by atoms with Gasteiger partial charge in [0.25, 0.3) is 0 Å². The minimum absolute atomic E-state index is 0.0648. The molecule has 0 amide bonds. The second-order valence-electron chi connectivity index (χ2n) is 6.71. The quantitative estimate of drug-likeness (QED) is 0.310. The van der Waals surface area contributed by atoms with Gasteiger partial charge in [-0.15, -0.1) is 4.48 Å². The first-order valence-electron chi connectivity index (χ1n) is 9.94. The number of halogens is 1. The van der Waals surface area contributed by atoms with Crippen molar-refractivity contribution < 1.29 is 23.8 Å². The highest BCUT2D eigenvalue weighted by molar-refractivity contribution is 5.74. The van der Waals surface area contributed by atoms with Crippen molar-refractivity contribution in [3.8, 4) is 11.8 Å². The molecule has 1 aliphatic heterocycles. The van der Waals surface area contributed by atoms with E-state index < -0.39 is 0 Å². The number of nitrogens with zero attached hydrogens (tertiary/aromatic N) is 3. The zero-order valence-electron chi connectivity index (χ0n) is 16.9. The van der Waals surface area contributed by atoms with Gasteiger partial charge in [-0.05, 0) is 25.0 Å². The van der Waals surface area contributed by atoms with Crippen LogP contribution in [-0.2, 0) is 9.47 Å². The fourth-order valence-corrected chi connectivity index (χ4v) is 2.94. The Morgan fingerprint density at radius 1 is 1.23 bits per heavy atom. The van der Waals surface area contributed by atoms with Gasteiger partial charge < -0.3 is 30.0 Å². The van der Waals surface area contributed by atoms with Crippen LogP contribution in [0, 0.1) is 11.3 Å². The Balaban J connectivity index is 1.81. The summed E-state index contributed by atoms with van der Waals surface area (Å²) in [4.78, 5) is 8.65. The number of hydrogen-bond donors (Lipinski definition) is 4. The molecule has 3 rings (SSSR count). The molecule has 2 aromatic heterocycles. The van der Waals surface area contributed by atoms with Gasteiger partial charge in [-0.1, -0.05) is 0 Å². The first kappa shape index (κ1) is 22.5. The van der Waals surface area contributed by atoms with Gasteiger partial charge >= 0.3 is 0 Å². The summed E-state index contributed by atoms with van der Waals surface area (Å²) in [5.74, 6) is 1.42. The lowest BCUT2D eigenvalue weighted by Gasteiger charge is -2.25. The van der Waals surface area contributed by atoms with Gasteiger partial charge in [0.2, 0.25) is 0 Å². The van der Waals surface area contributed by atoms with E-state index in [1.807, 2.05) is 6.07 Å². The van der Waals surface area contributed by atoms with Crippen LogP contribution in [0.4, 0.5) is 27.6 Å². The van der Waals surface area contributed by atoms with E-state index >= 15 is 0 Å². The predicted octanol–water partition coefficient (Wildman–Crippen LogP) is 2.37. The second-order valence-corrected chi connectivity index (χ2v) is 6.71. The van der Waals surface area contributed by atoms with Crippen LogP contribution in [0.1, 0.15) is 18.4 Å². The van der Waals surface area contributed by atoms with Crippen molar-refractivity contribution in [2.24, 2.45) is 0 Å². The first-order chi connectivity index (χ1) is 15.2. The zero-order valence-corrected chi connectivity index (χ0v) is 16.9. The van der Waals surface area contributed by atoms with Crippen LogP contribution in [0.2, 0.25) is 0 Å². The number of pyridine rings is 2. The molecule has 3 heterocycles. The number of anilines is 4. The molecule has 0 unspecified atom stereocenters. The number of aromatic nitrogens is 2. The molecule has 1 aliphatic rings. The van der Waals surface area contributed by atoms with Crippen molar-refractivity contribution in [2.45, 2.75) is 18.9 Å². The number of nitriles is 1. The molecule has 0 aromatic carbocycles. The van der Waals surface area contributed by atoms with Gasteiger partial charge in [-0.25, -0.2) is 15.5 Å². The van der Waals surface area contributed by atoms with Crippen molar-refractivity contribution in [3.05, 3.63) is 30.0 Å². The average Bonchev–Trinajstić information content (AvgIpc) is 2.81. The van der Waals surface area contributed by atoms with Gasteiger partial charge in [0, 0.05) is 31.5 Å². The third kappa shape index (κ3) is 6.65. The highest BCUT2D eigenvalue weighted by Crippen LogP contribution is 2.34. The van der Waals surface area contributed by atoms with Gasteiger partial charge in [-0.2, -0.15) is 5.26 Å². The number of aliphatic hydroxyl groups excluding tert-OH is 1. The average molecular weight is 432 g/mol. The molecule has 2 aromatic rings. The molecule has 0 aliphatic carbocycles. The Labute approximate surface area is 179 Å². The number of rotatable bonds is 11. The summed E-state index contributed by atoms with van der Waals surface area (Å²) in [6.07, 6.45) is 3.03. The monoisotopic (exact) mass is 432 g/mol. The fraction of sp³-hybridized carbons (Fsp3) is 0.450. The molecule has 10 nitrogen and oxygen atoms in total. The van der Waals surface area contributed by atoms with Crippen LogP contribution in [0.3, 0.4) is 0 Å². The Morgan fingerprint density at radius 3 is 2.74 bits per heavy atom. The SMILES string of the molecule is N#Cc1ccc(Nc2nc(NC3CCOCC3)c(OCCOCCO)cc2NF)nc1. The summed E-state index contributed by atoms with van der Waals surface area (Å²) in [6.45, 7) is 1.91. The molecule has 0 saturated carbocycles. The summed E-state index contributed by atoms with van der Waals surface area (Å²) in [5.41, 5.74) is 2.10. The molecule has 0 atom stereocenters. The Morgan fingerprint density at radius 2 is 2.06 bits per heavy atom. The Bertz CT molecular complexity index is 871. The van der Waals surface area contributed by atoms with Crippen molar-refractivity contribution in [1.29, 1.82) is 5.26 Å². The standard InChI is InChI=1S/C20H25FN6O4/c21-27-16-11-17(31-10-9-30-8-5-28)20(24-15-3-6-29-7-4-15)26-19(16)25-18-2-1-14(12-22)13-23-18/h1-2,11,13,15,27-28H,3-10H2,(H2,23,24,25,26). The maximum Gasteiger partial charge on any atom is 0.171 e. The first-order valence-corrected chi connectivity index (χ1v) is 9.94. The minimum Gasteiger partial charge on any atom is -0.487 e. The molecule has 1 saturated heterocycles. The highest BCUT2D eigenvalue weighted by atomic mass is 19.2. The maximum atomic E-state index is 13.5. The van der Waals surface area contributed by atoms with E-state index in [1.54, 1.807) is 17.7 Å². The number of hydrogen-bond acceptors (Lipinski definition) is 10. The lowest BCUT2D eigenvalue weighted by molar-refractivity contribution is 0.0705. The van der Waals surface area contributed by atoms with Crippen LogP contribution < -0.4 is 20.9 Å². The Hall–Kier alpha value is -3.20. The fourth-order valence-electron chi connectivity index (χ4n) is 2.94. The second kappa shape index (κ2) is 11.8. The van der Waals surface area contributed by atoms with E-state index in [4.69, 9.17) is 24.6 Å². The Kier molecular flexibility index (Phi) is 8.59. The van der Waals surface area contributed by atoms with E-state index in [0.29, 0.717) is 36.2 Å². The summed E-state index contributed by atoms with van der Waals surface area (Å²) in [7, 11) is 0. The molecule has 0 spiro atoms. The van der Waals surface area contributed by atoms with E-state index in [1.165, 1.54) is 12.3 Å². The molecule has 0 radical (unpaired) electrons. The topological polar surface area (TPSA) is 134 Å². The number of ether oxygens (including phenoxy) is 3. The van der Waals surface area contributed by atoms with Gasteiger partial charge in [0.15, 0.2) is 17.4 Å². The lowest BCUT2D eigenvalue weighted by atomic mass is 10.1. The molecular weight excluding hydrogens is 407 g/mol. The molecule has 11 heteroatoms. The summed E-state index contributed by atoms with van der Waals surface area (Å²) >= 11 is 0. The lowest BCUT2D eigenvalue weighted by Crippen LogP contribution is -2.28. The minimum atomic E-state index is -0.0716. The van der Waals surface area contributed by atoms with Gasteiger partial charge in [0.05, 0.1) is 25.4 Å². The smallest absolute Gasteiger partial charge is 0.171 e. The van der Waals surface area contributed by atoms with Gasteiger partial charge in [0.1, 0.15) is 24.2 Å². The molecule has 166 valence electrons. The molecule has 0 bridgehead atoms. The number of nitrogens with one attached hydrogen (secondary N) is 3. The molecule has 31 heavy (non-hydrogen) atoms. The van der Waals surface area contributed by atoms with Gasteiger partial charge in [-0.3, -0.25) is 0 Å². The van der Waals surface area contributed by atoms with Crippen molar-refractivity contribution in [3.63, 3.8) is 0 Å².